The molecule has 2 aliphatic heterocycles. The minimum absolute atomic E-state index is 0.161. The van der Waals surface area contributed by atoms with E-state index in [-0.39, 0.29) is 12.8 Å². The molecule has 3 aliphatic rings. The predicted molar refractivity (Wildman–Crippen MR) is 98.3 cm³/mol. The number of aliphatic hydroxyl groups is 1. The smallest absolute Gasteiger partial charge is 0.259 e. The lowest BCUT2D eigenvalue weighted by molar-refractivity contribution is -0.159. The molecule has 2 saturated heterocycles. The lowest BCUT2D eigenvalue weighted by atomic mass is 9.79. The lowest BCUT2D eigenvalue weighted by Gasteiger charge is -2.36. The molecular formula is C21H28F2N2O2. The Labute approximate surface area is 158 Å². The summed E-state index contributed by atoms with van der Waals surface area (Å²) in [4.78, 5) is 15.3. The van der Waals surface area contributed by atoms with Gasteiger partial charge in [0.1, 0.15) is 0 Å². The number of likely N-dealkylation sites (tertiary alicyclic amines) is 1. The second-order valence-corrected chi connectivity index (χ2v) is 8.49. The van der Waals surface area contributed by atoms with E-state index in [1.54, 1.807) is 35.2 Å². The third-order valence-corrected chi connectivity index (χ3v) is 6.78. The molecule has 1 aromatic rings. The second kappa shape index (κ2) is 7.13. The largest absolute Gasteiger partial charge is 0.375 e. The van der Waals surface area contributed by atoms with Gasteiger partial charge in [-0.05, 0) is 49.8 Å². The third kappa shape index (κ3) is 3.49. The number of amides is 1. The summed E-state index contributed by atoms with van der Waals surface area (Å²) in [5.41, 5.74) is -1.44. The maximum Gasteiger partial charge on any atom is 0.259 e. The maximum absolute atomic E-state index is 13.9. The zero-order valence-corrected chi connectivity index (χ0v) is 15.5. The van der Waals surface area contributed by atoms with Crippen LogP contribution in [0.15, 0.2) is 30.3 Å². The minimum atomic E-state index is -2.81. The van der Waals surface area contributed by atoms with E-state index in [1.165, 1.54) is 0 Å². The van der Waals surface area contributed by atoms with Crippen molar-refractivity contribution in [1.82, 2.24) is 10.2 Å². The van der Waals surface area contributed by atoms with E-state index in [9.17, 15) is 18.7 Å². The van der Waals surface area contributed by atoms with E-state index in [0.29, 0.717) is 30.5 Å². The van der Waals surface area contributed by atoms with Crippen LogP contribution in [0.2, 0.25) is 0 Å². The minimum Gasteiger partial charge on any atom is -0.375 e. The van der Waals surface area contributed by atoms with Crippen molar-refractivity contribution in [2.75, 3.05) is 26.2 Å². The summed E-state index contributed by atoms with van der Waals surface area (Å²) >= 11 is 0. The molecule has 1 aromatic carbocycles. The van der Waals surface area contributed by atoms with Gasteiger partial charge in [0.25, 0.3) is 5.91 Å². The highest BCUT2D eigenvalue weighted by Gasteiger charge is 2.55. The quantitative estimate of drug-likeness (QED) is 0.850. The summed E-state index contributed by atoms with van der Waals surface area (Å²) < 4.78 is 27.8. The van der Waals surface area contributed by atoms with E-state index in [2.05, 4.69) is 5.32 Å². The summed E-state index contributed by atoms with van der Waals surface area (Å²) in [7, 11) is 0. The molecule has 1 amide bonds. The van der Waals surface area contributed by atoms with E-state index < -0.39 is 29.8 Å². The summed E-state index contributed by atoms with van der Waals surface area (Å²) in [5.74, 6) is -3.11. The van der Waals surface area contributed by atoms with Crippen molar-refractivity contribution >= 4 is 5.91 Å². The molecule has 27 heavy (non-hydrogen) atoms. The molecule has 3 fully saturated rings. The van der Waals surface area contributed by atoms with Gasteiger partial charge in [0, 0.05) is 31.8 Å². The van der Waals surface area contributed by atoms with Gasteiger partial charge < -0.3 is 15.3 Å². The molecule has 0 bridgehead atoms. The number of halogens is 2. The van der Waals surface area contributed by atoms with Crippen LogP contribution in [-0.4, -0.2) is 48.0 Å². The fraction of sp³-hybridized carbons (Fsp3) is 0.667. The van der Waals surface area contributed by atoms with Crippen LogP contribution in [0.25, 0.3) is 0 Å². The van der Waals surface area contributed by atoms with Crippen molar-refractivity contribution in [1.29, 1.82) is 0 Å². The normalized spacial score (nSPS) is 32.6. The van der Waals surface area contributed by atoms with Crippen molar-refractivity contribution in [3.05, 3.63) is 35.9 Å². The van der Waals surface area contributed by atoms with Gasteiger partial charge in [-0.1, -0.05) is 30.3 Å². The first-order valence-corrected chi connectivity index (χ1v) is 10.1. The van der Waals surface area contributed by atoms with E-state index in [0.717, 1.165) is 25.9 Å². The summed E-state index contributed by atoms with van der Waals surface area (Å²) in [6, 6.07) is 8.68. The van der Waals surface area contributed by atoms with Crippen molar-refractivity contribution in [3.63, 3.8) is 0 Å². The Hall–Kier alpha value is -1.53. The van der Waals surface area contributed by atoms with E-state index >= 15 is 0 Å². The number of nitrogens with one attached hydrogen (secondary N) is 1. The van der Waals surface area contributed by atoms with E-state index in [4.69, 9.17) is 0 Å². The first kappa shape index (κ1) is 18.8. The topological polar surface area (TPSA) is 52.6 Å². The molecular weight excluding hydrogens is 350 g/mol. The average Bonchev–Trinajstić information content (AvgIpc) is 3.17. The maximum atomic E-state index is 13.9. The van der Waals surface area contributed by atoms with Gasteiger partial charge in [-0.3, -0.25) is 4.79 Å². The molecule has 0 spiro atoms. The zero-order valence-electron chi connectivity index (χ0n) is 15.5. The molecule has 6 heteroatoms. The Balaban J connectivity index is 1.62. The summed E-state index contributed by atoms with van der Waals surface area (Å²) in [5, 5.41) is 15.0. The number of hydrogen-bond acceptors (Lipinski definition) is 3. The van der Waals surface area contributed by atoms with Gasteiger partial charge in [-0.15, -0.1) is 0 Å². The fourth-order valence-corrected chi connectivity index (χ4v) is 5.23. The monoisotopic (exact) mass is 378 g/mol. The molecule has 1 saturated carbocycles. The van der Waals surface area contributed by atoms with Crippen LogP contribution in [0.3, 0.4) is 0 Å². The number of nitrogens with zero attached hydrogens (tertiary/aromatic N) is 1. The number of carbonyl (C=O) groups is 1. The van der Waals surface area contributed by atoms with Crippen molar-refractivity contribution in [2.45, 2.75) is 43.6 Å². The second-order valence-electron chi connectivity index (χ2n) is 8.49. The Bertz CT molecular complexity index is 670. The van der Waals surface area contributed by atoms with E-state index in [1.807, 2.05) is 0 Å². The molecule has 4 atom stereocenters. The summed E-state index contributed by atoms with van der Waals surface area (Å²) in [6.45, 7) is 3.12. The predicted octanol–water partition coefficient (Wildman–Crippen LogP) is 2.77. The molecule has 2 N–H and O–H groups in total. The van der Waals surface area contributed by atoms with Crippen LogP contribution in [-0.2, 0) is 10.4 Å². The van der Waals surface area contributed by atoms with Gasteiger partial charge in [0.05, 0.1) is 0 Å². The SMILES string of the molecule is O=C(N1CC2CCNCC[C@@H]2C1)[C@](O)(c1ccccc1)[C@@H]1CCC(F)(F)C1. The number of carbonyl (C=O) groups excluding carboxylic acids is 1. The standard InChI is InChI=1S/C21H28F2N2O2/c22-20(23)9-6-18(12-20)21(27,17-4-2-1-3-5-17)19(26)25-13-15-7-10-24-11-8-16(15)14-25/h1-5,15-16,18,24,27H,6-14H2/t15-,16?,18-,21+/m1/s1. The van der Waals surface area contributed by atoms with Crippen LogP contribution in [0.4, 0.5) is 8.78 Å². The van der Waals surface area contributed by atoms with Gasteiger partial charge >= 0.3 is 0 Å². The fourth-order valence-electron chi connectivity index (χ4n) is 5.23. The lowest BCUT2D eigenvalue weighted by Crippen LogP contribution is -2.50. The van der Waals surface area contributed by atoms with Gasteiger partial charge in [0.2, 0.25) is 5.92 Å². The third-order valence-electron chi connectivity index (χ3n) is 6.78. The number of alkyl halides is 2. The molecule has 2 heterocycles. The van der Waals surface area contributed by atoms with Crippen LogP contribution in [0.1, 0.15) is 37.7 Å². The molecule has 4 rings (SSSR count). The Morgan fingerprint density at radius 1 is 1.11 bits per heavy atom. The van der Waals surface area contributed by atoms with Crippen molar-refractivity contribution in [3.8, 4) is 0 Å². The Morgan fingerprint density at radius 3 is 2.30 bits per heavy atom. The molecule has 0 radical (unpaired) electrons. The van der Waals surface area contributed by atoms with Crippen molar-refractivity contribution < 1.29 is 18.7 Å². The average molecular weight is 378 g/mol. The van der Waals surface area contributed by atoms with Gasteiger partial charge in [-0.25, -0.2) is 8.78 Å². The Kier molecular flexibility index (Phi) is 4.97. The van der Waals surface area contributed by atoms with Crippen LogP contribution in [0.5, 0.6) is 0 Å². The van der Waals surface area contributed by atoms with Crippen LogP contribution < -0.4 is 5.32 Å². The first-order valence-electron chi connectivity index (χ1n) is 10.1. The summed E-state index contributed by atoms with van der Waals surface area (Å²) in [6.07, 6.45) is 1.49. The Morgan fingerprint density at radius 2 is 1.74 bits per heavy atom. The first-order chi connectivity index (χ1) is 12.9. The molecule has 1 aliphatic carbocycles. The van der Waals surface area contributed by atoms with Crippen LogP contribution >= 0.6 is 0 Å². The highest BCUT2D eigenvalue weighted by molar-refractivity contribution is 5.87. The zero-order chi connectivity index (χ0) is 19.1. The van der Waals surface area contributed by atoms with Gasteiger partial charge in [0.15, 0.2) is 5.60 Å². The molecule has 148 valence electrons. The highest BCUT2D eigenvalue weighted by Crippen LogP contribution is 2.48. The van der Waals surface area contributed by atoms with Gasteiger partial charge in [-0.2, -0.15) is 0 Å². The molecule has 4 nitrogen and oxygen atoms in total. The number of hydrogen-bond donors (Lipinski definition) is 2. The van der Waals surface area contributed by atoms with Crippen molar-refractivity contribution in [2.24, 2.45) is 17.8 Å². The number of benzene rings is 1. The number of rotatable bonds is 3. The molecule has 1 unspecified atom stereocenters. The molecule has 0 aromatic heterocycles. The van der Waals surface area contributed by atoms with Crippen LogP contribution in [0, 0.1) is 17.8 Å². The highest BCUT2D eigenvalue weighted by atomic mass is 19.3. The number of fused-ring (bicyclic) bond motifs is 1.